The van der Waals surface area contributed by atoms with Gasteiger partial charge in [0.25, 0.3) is 0 Å². The van der Waals surface area contributed by atoms with Gasteiger partial charge in [0.05, 0.1) is 29.1 Å². The lowest BCUT2D eigenvalue weighted by Crippen LogP contribution is -2.49. The quantitative estimate of drug-likeness (QED) is 0.258. The van der Waals surface area contributed by atoms with Gasteiger partial charge in [0.1, 0.15) is 10.7 Å². The molecule has 1 unspecified atom stereocenters. The van der Waals surface area contributed by atoms with Gasteiger partial charge in [0, 0.05) is 11.1 Å². The van der Waals surface area contributed by atoms with Crippen LogP contribution in [0.25, 0.3) is 0 Å². The summed E-state index contributed by atoms with van der Waals surface area (Å²) in [5, 5.41) is -2.47. The maximum atomic E-state index is 15.1. The average Bonchev–Trinajstić information content (AvgIpc) is 2.93. The number of hydrogen-bond donors (Lipinski definition) is 1. The fourth-order valence-corrected chi connectivity index (χ4v) is 10.4. The second-order valence-electron chi connectivity index (χ2n) is 10.6. The SMILES string of the molecule is COc1ccc(S(=O)(=O)NC2(P(=O)(OC(C)C)OC(C)C)C=C(S(=O)(=O)c3ccc(C)cc3)C(=O)c3ccccc32)cc1. The molecule has 0 bridgehead atoms. The van der Waals surface area contributed by atoms with Gasteiger partial charge in [-0.05, 0) is 77.1 Å². The predicted octanol–water partition coefficient (Wildman–Crippen LogP) is 5.73. The Labute approximate surface area is 252 Å². The summed E-state index contributed by atoms with van der Waals surface area (Å²) in [5.74, 6) is -0.498. The van der Waals surface area contributed by atoms with Crippen molar-refractivity contribution < 1.29 is 40.0 Å². The van der Waals surface area contributed by atoms with Crippen molar-refractivity contribution in [3.05, 3.63) is 100 Å². The summed E-state index contributed by atoms with van der Waals surface area (Å²) < 4.78 is 90.7. The number of allylic oxidation sites excluding steroid dienone is 1. The van der Waals surface area contributed by atoms with Crippen molar-refractivity contribution in [3.8, 4) is 5.75 Å². The number of Topliss-reactive ketones (excluding diaryl/α,β-unsaturated/α-hetero) is 1. The molecule has 13 heteroatoms. The van der Waals surface area contributed by atoms with Gasteiger partial charge in [-0.25, -0.2) is 16.8 Å². The highest BCUT2D eigenvalue weighted by molar-refractivity contribution is 7.96. The molecule has 0 saturated carbocycles. The molecule has 230 valence electrons. The third-order valence-electron chi connectivity index (χ3n) is 6.56. The van der Waals surface area contributed by atoms with Gasteiger partial charge in [0.15, 0.2) is 5.28 Å². The molecule has 0 saturated heterocycles. The molecule has 43 heavy (non-hydrogen) atoms. The van der Waals surface area contributed by atoms with Gasteiger partial charge in [-0.3, -0.25) is 9.36 Å². The Morgan fingerprint density at radius 2 is 1.33 bits per heavy atom. The van der Waals surface area contributed by atoms with Crippen LogP contribution in [0, 0.1) is 6.92 Å². The van der Waals surface area contributed by atoms with E-state index in [0.29, 0.717) is 5.75 Å². The number of aryl methyl sites for hydroxylation is 1. The molecule has 0 fully saturated rings. The predicted molar refractivity (Wildman–Crippen MR) is 162 cm³/mol. The van der Waals surface area contributed by atoms with Crippen molar-refractivity contribution >= 4 is 33.2 Å². The maximum absolute atomic E-state index is 15.1. The lowest BCUT2D eigenvalue weighted by molar-refractivity contribution is 0.103. The summed E-state index contributed by atoms with van der Waals surface area (Å²) in [6.07, 6.45) is -0.649. The van der Waals surface area contributed by atoms with Crippen LogP contribution in [0.2, 0.25) is 0 Å². The third kappa shape index (κ3) is 6.26. The minimum atomic E-state index is -4.74. The lowest BCUT2D eigenvalue weighted by atomic mass is 9.92. The fourth-order valence-electron chi connectivity index (χ4n) is 4.65. The standard InChI is InChI=1S/C30H34NO9PS2/c1-20(2)39-41(33,40-21(3)4)30(31-43(36,37)25-17-13-23(38-6)14-18-25)19-28(29(32)26-9-7-8-10-27(26)30)42(34,35)24-15-11-22(5)12-16-24/h7-21,31H,1-6H3. The van der Waals surface area contributed by atoms with Gasteiger partial charge in [-0.2, -0.15) is 4.72 Å². The molecule has 1 aliphatic carbocycles. The number of sulfonamides is 1. The molecule has 1 aliphatic rings. The van der Waals surface area contributed by atoms with Crippen molar-refractivity contribution in [2.45, 2.75) is 61.9 Å². The van der Waals surface area contributed by atoms with Gasteiger partial charge >= 0.3 is 7.60 Å². The molecule has 10 nitrogen and oxygen atoms in total. The smallest absolute Gasteiger partial charge is 0.360 e. The first-order chi connectivity index (χ1) is 20.1. The molecule has 0 aromatic heterocycles. The van der Waals surface area contributed by atoms with Crippen molar-refractivity contribution in [1.82, 2.24) is 4.72 Å². The second kappa shape index (κ2) is 12.1. The van der Waals surface area contributed by atoms with Crippen LogP contribution < -0.4 is 9.46 Å². The van der Waals surface area contributed by atoms with E-state index < -0.39 is 55.6 Å². The normalized spacial score (nSPS) is 17.6. The number of ketones is 1. The van der Waals surface area contributed by atoms with Crippen LogP contribution >= 0.6 is 7.60 Å². The largest absolute Gasteiger partial charge is 0.497 e. The Kier molecular flexibility index (Phi) is 9.23. The number of carbonyl (C=O) groups excluding carboxylic acids is 1. The van der Waals surface area contributed by atoms with E-state index in [1.54, 1.807) is 46.8 Å². The van der Waals surface area contributed by atoms with E-state index in [1.807, 2.05) is 0 Å². The molecule has 1 N–H and O–H groups in total. The van der Waals surface area contributed by atoms with E-state index in [1.165, 1.54) is 67.8 Å². The third-order valence-corrected chi connectivity index (χ3v) is 12.7. The number of ether oxygens (including phenoxy) is 1. The molecule has 4 rings (SSSR count). The highest BCUT2D eigenvalue weighted by Crippen LogP contribution is 2.68. The fraction of sp³-hybridized carbons (Fsp3) is 0.300. The second-order valence-corrected chi connectivity index (χ2v) is 16.3. The molecular formula is C30H34NO9PS2. The summed E-state index contributed by atoms with van der Waals surface area (Å²) in [5.41, 5.74) is 0.535. The number of nitrogens with one attached hydrogen (secondary N) is 1. The van der Waals surface area contributed by atoms with Crippen molar-refractivity contribution in [2.24, 2.45) is 0 Å². The van der Waals surface area contributed by atoms with E-state index in [4.69, 9.17) is 13.8 Å². The number of fused-ring (bicyclic) bond motifs is 1. The molecule has 1 atom stereocenters. The van der Waals surface area contributed by atoms with Crippen LogP contribution in [0.5, 0.6) is 5.75 Å². The van der Waals surface area contributed by atoms with Crippen molar-refractivity contribution in [1.29, 1.82) is 0 Å². The molecule has 0 spiro atoms. The number of methoxy groups -OCH3 is 1. The Balaban J connectivity index is 2.11. The molecule has 3 aromatic carbocycles. The van der Waals surface area contributed by atoms with E-state index in [-0.39, 0.29) is 20.9 Å². The molecule has 0 radical (unpaired) electrons. The minimum absolute atomic E-state index is 0.0791. The summed E-state index contributed by atoms with van der Waals surface area (Å²) in [6.45, 7) is 8.09. The lowest BCUT2D eigenvalue weighted by Gasteiger charge is -2.42. The van der Waals surface area contributed by atoms with Crippen LogP contribution in [0.4, 0.5) is 0 Å². The topological polar surface area (TPSA) is 142 Å². The molecule has 0 heterocycles. The molecule has 3 aromatic rings. The number of rotatable bonds is 11. The Bertz CT molecular complexity index is 1800. The van der Waals surface area contributed by atoms with E-state index in [0.717, 1.165) is 11.6 Å². The van der Waals surface area contributed by atoms with Gasteiger partial charge in [-0.1, -0.05) is 42.0 Å². The first-order valence-electron chi connectivity index (χ1n) is 13.4. The van der Waals surface area contributed by atoms with Crippen molar-refractivity contribution in [3.63, 3.8) is 0 Å². The average molecular weight is 648 g/mol. The zero-order chi connectivity index (χ0) is 31.8. The number of sulfone groups is 1. The van der Waals surface area contributed by atoms with Gasteiger partial charge in [0.2, 0.25) is 25.6 Å². The van der Waals surface area contributed by atoms with E-state index >= 15 is 4.57 Å². The highest BCUT2D eigenvalue weighted by Gasteiger charge is 2.59. The first-order valence-corrected chi connectivity index (χ1v) is 17.9. The molecule has 0 amide bonds. The van der Waals surface area contributed by atoms with Gasteiger partial charge in [-0.15, -0.1) is 0 Å². The Hall–Kier alpha value is -3.12. The van der Waals surface area contributed by atoms with Crippen LogP contribution in [-0.2, 0) is 38.8 Å². The van der Waals surface area contributed by atoms with Crippen LogP contribution in [0.1, 0.15) is 49.2 Å². The number of hydrogen-bond acceptors (Lipinski definition) is 9. The number of carbonyl (C=O) groups is 1. The summed E-state index contributed by atoms with van der Waals surface area (Å²) in [6, 6.07) is 17.0. The zero-order valence-corrected chi connectivity index (χ0v) is 27.1. The molecular weight excluding hydrogens is 613 g/mol. The Morgan fingerprint density at radius 3 is 1.86 bits per heavy atom. The summed E-state index contributed by atoms with van der Waals surface area (Å²) in [7, 11) is -12.5. The van der Waals surface area contributed by atoms with Crippen LogP contribution in [0.3, 0.4) is 0 Å². The van der Waals surface area contributed by atoms with Gasteiger partial charge < -0.3 is 13.8 Å². The monoisotopic (exact) mass is 647 g/mol. The zero-order valence-electron chi connectivity index (χ0n) is 24.6. The van der Waals surface area contributed by atoms with Crippen LogP contribution in [-0.4, -0.2) is 41.9 Å². The summed E-state index contributed by atoms with van der Waals surface area (Å²) >= 11 is 0. The summed E-state index contributed by atoms with van der Waals surface area (Å²) in [4.78, 5) is 12.7. The van der Waals surface area contributed by atoms with E-state index in [9.17, 15) is 21.6 Å². The minimum Gasteiger partial charge on any atom is -0.497 e. The van der Waals surface area contributed by atoms with Crippen molar-refractivity contribution in [2.75, 3.05) is 7.11 Å². The van der Waals surface area contributed by atoms with E-state index in [2.05, 4.69) is 4.72 Å². The maximum Gasteiger partial charge on any atom is 0.360 e. The highest BCUT2D eigenvalue weighted by atomic mass is 32.2. The Morgan fingerprint density at radius 1 is 0.791 bits per heavy atom. The number of benzene rings is 3. The first kappa shape index (κ1) is 32.8. The van der Waals surface area contributed by atoms with Crippen LogP contribution in [0.15, 0.2) is 93.6 Å². The molecule has 0 aliphatic heterocycles.